The van der Waals surface area contributed by atoms with E-state index in [-0.39, 0.29) is 11.4 Å². The lowest BCUT2D eigenvalue weighted by molar-refractivity contribution is 0.0280. The monoisotopic (exact) mass is 526 g/mol. The smallest absolute Gasteiger partial charge is 0.152 e. The van der Waals surface area contributed by atoms with Crippen LogP contribution in [-0.4, -0.2) is 33.8 Å². The highest BCUT2D eigenvalue weighted by Gasteiger charge is 2.42. The second kappa shape index (κ2) is 9.56. The summed E-state index contributed by atoms with van der Waals surface area (Å²) < 4.78 is 22.6. The summed E-state index contributed by atoms with van der Waals surface area (Å²) in [5.41, 5.74) is 7.18. The van der Waals surface area contributed by atoms with Crippen molar-refractivity contribution in [2.45, 2.75) is 70.0 Å². The molecule has 3 N–H and O–H groups in total. The lowest BCUT2D eigenvalue weighted by Crippen LogP contribution is -2.52. The Morgan fingerprint density at radius 1 is 1.21 bits per heavy atom. The van der Waals surface area contributed by atoms with Gasteiger partial charge in [0.05, 0.1) is 18.3 Å². The van der Waals surface area contributed by atoms with Crippen molar-refractivity contribution in [2.24, 2.45) is 0 Å². The zero-order chi connectivity index (χ0) is 26.6. The highest BCUT2D eigenvalue weighted by Crippen LogP contribution is 2.46. The maximum atomic E-state index is 15.9. The van der Waals surface area contributed by atoms with Crippen LogP contribution in [-0.2, 0) is 12.8 Å². The molecule has 7 heteroatoms. The van der Waals surface area contributed by atoms with Crippen LogP contribution in [0, 0.1) is 12.7 Å². The van der Waals surface area contributed by atoms with Gasteiger partial charge in [0.1, 0.15) is 17.0 Å². The highest BCUT2D eigenvalue weighted by molar-refractivity contribution is 5.86. The van der Waals surface area contributed by atoms with Gasteiger partial charge in [-0.1, -0.05) is 24.6 Å². The molecular formula is C32H35FN4O2. The average Bonchev–Trinajstić information content (AvgIpc) is 3.52. The largest absolute Gasteiger partial charge is 0.483 e. The second-order valence-corrected chi connectivity index (χ2v) is 11.5. The number of benzene rings is 2. The molecule has 0 amide bonds. The quantitative estimate of drug-likeness (QED) is 0.264. The molecule has 1 spiro atoms. The first kappa shape index (κ1) is 24.5. The van der Waals surface area contributed by atoms with E-state index in [4.69, 9.17) is 4.74 Å². The molecule has 0 saturated heterocycles. The van der Waals surface area contributed by atoms with Gasteiger partial charge in [-0.05, 0) is 80.7 Å². The standard InChI is InChI=1S/C32H35FN4O2/c1-20-6-5-7-23-21(18-35-29(20)23)11-15-37-19-32(12-3-2-4-13-32)39-28-17-22(16-25(33)31(28)37)36-26-10-14-34-30-24(26)8-9-27(30)38/h5-7,10,14,16-18,27,35,38H,2-4,8-9,11-13,15,19H2,1H3,(H,34,36). The Hall–Kier alpha value is -3.58. The second-order valence-electron chi connectivity index (χ2n) is 11.5. The molecule has 1 aliphatic heterocycles. The number of aromatic amines is 1. The molecule has 2 aromatic carbocycles. The molecule has 2 aromatic heterocycles. The number of aryl methyl sites for hydroxylation is 1. The molecule has 2 aliphatic carbocycles. The van der Waals surface area contributed by atoms with Gasteiger partial charge < -0.3 is 25.0 Å². The van der Waals surface area contributed by atoms with Gasteiger partial charge in [-0.25, -0.2) is 4.39 Å². The molecule has 6 nitrogen and oxygen atoms in total. The van der Waals surface area contributed by atoms with Crippen LogP contribution >= 0.6 is 0 Å². The SMILES string of the molecule is Cc1cccc2c(CCN3CC4(CCCCC4)Oc4cc(Nc5ccnc6c5CCC6O)cc(F)c43)c[nH]c12. The number of aliphatic hydroxyl groups excluding tert-OH is 1. The van der Waals surface area contributed by atoms with Gasteiger partial charge in [-0.3, -0.25) is 4.98 Å². The number of ether oxygens (including phenoxy) is 1. The number of hydrogen-bond acceptors (Lipinski definition) is 5. The third kappa shape index (κ3) is 4.33. The van der Waals surface area contributed by atoms with Gasteiger partial charge in [-0.15, -0.1) is 0 Å². The van der Waals surface area contributed by atoms with Crippen LogP contribution < -0.4 is 15.0 Å². The lowest BCUT2D eigenvalue weighted by atomic mass is 9.83. The van der Waals surface area contributed by atoms with Crippen molar-refractivity contribution >= 4 is 28.0 Å². The number of halogens is 1. The normalized spacial score (nSPS) is 19.7. The van der Waals surface area contributed by atoms with E-state index >= 15 is 4.39 Å². The summed E-state index contributed by atoms with van der Waals surface area (Å²) in [5, 5.41) is 14.9. The molecule has 202 valence electrons. The van der Waals surface area contributed by atoms with Gasteiger partial charge in [0, 0.05) is 47.3 Å². The van der Waals surface area contributed by atoms with Crippen LogP contribution in [0.2, 0.25) is 0 Å². The molecule has 0 radical (unpaired) electrons. The van der Waals surface area contributed by atoms with Crippen LogP contribution in [0.15, 0.2) is 48.8 Å². The maximum absolute atomic E-state index is 15.9. The molecule has 1 saturated carbocycles. The van der Waals surface area contributed by atoms with E-state index in [2.05, 4.69) is 51.5 Å². The highest BCUT2D eigenvalue weighted by atomic mass is 19.1. The predicted octanol–water partition coefficient (Wildman–Crippen LogP) is 6.88. The van der Waals surface area contributed by atoms with Gasteiger partial charge in [-0.2, -0.15) is 0 Å². The van der Waals surface area contributed by atoms with Crippen molar-refractivity contribution in [2.75, 3.05) is 23.3 Å². The van der Waals surface area contributed by atoms with E-state index in [9.17, 15) is 5.11 Å². The number of nitrogens with zero attached hydrogens (tertiary/aromatic N) is 2. The molecule has 3 heterocycles. The predicted molar refractivity (Wildman–Crippen MR) is 153 cm³/mol. The molecule has 7 rings (SSSR count). The Morgan fingerprint density at radius 3 is 2.95 bits per heavy atom. The molecule has 1 fully saturated rings. The molecule has 39 heavy (non-hydrogen) atoms. The molecular weight excluding hydrogens is 491 g/mol. The van der Waals surface area contributed by atoms with Crippen molar-refractivity contribution < 1.29 is 14.2 Å². The van der Waals surface area contributed by atoms with E-state index in [0.29, 0.717) is 30.1 Å². The summed E-state index contributed by atoms with van der Waals surface area (Å²) in [6, 6.07) is 11.8. The first-order valence-electron chi connectivity index (χ1n) is 14.3. The average molecular weight is 527 g/mol. The van der Waals surface area contributed by atoms with Crippen molar-refractivity contribution in [1.82, 2.24) is 9.97 Å². The lowest BCUT2D eigenvalue weighted by Gasteiger charge is -2.47. The number of hydrogen-bond donors (Lipinski definition) is 3. The summed E-state index contributed by atoms with van der Waals surface area (Å²) in [6.45, 7) is 3.55. The van der Waals surface area contributed by atoms with Crippen molar-refractivity contribution in [3.63, 3.8) is 0 Å². The molecule has 3 aliphatic rings. The van der Waals surface area contributed by atoms with Crippen LogP contribution in [0.3, 0.4) is 0 Å². The van der Waals surface area contributed by atoms with Gasteiger partial charge >= 0.3 is 0 Å². The minimum Gasteiger partial charge on any atom is -0.483 e. The molecule has 0 bridgehead atoms. The number of pyridine rings is 1. The Kier molecular flexibility index (Phi) is 5.99. The number of fused-ring (bicyclic) bond motifs is 3. The number of para-hydroxylation sites is 1. The number of nitrogens with one attached hydrogen (secondary N) is 2. The van der Waals surface area contributed by atoms with E-state index in [1.165, 1.54) is 28.5 Å². The number of anilines is 3. The van der Waals surface area contributed by atoms with Gasteiger partial charge in [0.15, 0.2) is 5.82 Å². The van der Waals surface area contributed by atoms with Crippen molar-refractivity contribution in [1.29, 1.82) is 0 Å². The topological polar surface area (TPSA) is 73.4 Å². The zero-order valence-electron chi connectivity index (χ0n) is 22.4. The van der Waals surface area contributed by atoms with Crippen LogP contribution in [0.4, 0.5) is 21.5 Å². The van der Waals surface area contributed by atoms with E-state index in [1.54, 1.807) is 12.3 Å². The fourth-order valence-electron chi connectivity index (χ4n) is 6.95. The minimum atomic E-state index is -0.536. The molecule has 1 unspecified atom stereocenters. The number of aliphatic hydroxyl groups is 1. The zero-order valence-corrected chi connectivity index (χ0v) is 22.4. The fourth-order valence-corrected chi connectivity index (χ4v) is 6.95. The summed E-state index contributed by atoms with van der Waals surface area (Å²) in [4.78, 5) is 10.0. The third-order valence-corrected chi connectivity index (χ3v) is 8.93. The Balaban J connectivity index is 1.21. The molecule has 4 aromatic rings. The van der Waals surface area contributed by atoms with Crippen LogP contribution in [0.1, 0.15) is 67.0 Å². The maximum Gasteiger partial charge on any atom is 0.152 e. The van der Waals surface area contributed by atoms with Crippen molar-refractivity contribution in [3.05, 3.63) is 77.0 Å². The molecule has 1 atom stereocenters. The van der Waals surface area contributed by atoms with E-state index < -0.39 is 6.10 Å². The Morgan fingerprint density at radius 2 is 2.08 bits per heavy atom. The Bertz CT molecular complexity index is 1540. The first-order valence-corrected chi connectivity index (χ1v) is 14.3. The number of H-pyrrole nitrogens is 1. The van der Waals surface area contributed by atoms with E-state index in [0.717, 1.165) is 62.0 Å². The van der Waals surface area contributed by atoms with Crippen molar-refractivity contribution in [3.8, 4) is 5.75 Å². The number of aromatic nitrogens is 2. The summed E-state index contributed by atoms with van der Waals surface area (Å²) in [5.74, 6) is 0.340. The summed E-state index contributed by atoms with van der Waals surface area (Å²) >= 11 is 0. The Labute approximate surface area is 228 Å². The summed E-state index contributed by atoms with van der Waals surface area (Å²) in [7, 11) is 0. The summed E-state index contributed by atoms with van der Waals surface area (Å²) in [6.07, 6.45) is 11.0. The van der Waals surface area contributed by atoms with E-state index in [1.807, 2.05) is 12.1 Å². The van der Waals surface area contributed by atoms with Crippen LogP contribution in [0.25, 0.3) is 10.9 Å². The fraction of sp³-hybridized carbons (Fsp3) is 0.406. The number of rotatable bonds is 5. The first-order chi connectivity index (χ1) is 19.0. The minimum absolute atomic E-state index is 0.277. The third-order valence-electron chi connectivity index (χ3n) is 8.93. The van der Waals surface area contributed by atoms with Crippen LogP contribution in [0.5, 0.6) is 5.75 Å². The van der Waals surface area contributed by atoms with Gasteiger partial charge in [0.2, 0.25) is 0 Å². The van der Waals surface area contributed by atoms with Gasteiger partial charge in [0.25, 0.3) is 0 Å².